The zero-order valence-corrected chi connectivity index (χ0v) is 22.6. The summed E-state index contributed by atoms with van der Waals surface area (Å²) in [6, 6.07) is 8.04. The molecule has 0 atom stereocenters. The predicted molar refractivity (Wildman–Crippen MR) is 143 cm³/mol. The van der Waals surface area contributed by atoms with Gasteiger partial charge in [-0.3, -0.25) is 4.68 Å². The van der Waals surface area contributed by atoms with E-state index >= 15 is 0 Å². The number of nitrogens with one attached hydrogen (secondary N) is 1. The van der Waals surface area contributed by atoms with Crippen molar-refractivity contribution in [3.63, 3.8) is 0 Å². The number of rotatable bonds is 9. The summed E-state index contributed by atoms with van der Waals surface area (Å²) < 4.78 is 28.9. The van der Waals surface area contributed by atoms with Gasteiger partial charge in [0.25, 0.3) is 0 Å². The smallest absolute Gasteiger partial charge is 0.407 e. The number of halogens is 1. The number of aromatic carboxylic acids is 1. The molecule has 39 heavy (non-hydrogen) atoms. The van der Waals surface area contributed by atoms with E-state index in [9.17, 15) is 19.1 Å². The van der Waals surface area contributed by atoms with Gasteiger partial charge in [-0.25, -0.2) is 19.0 Å². The Morgan fingerprint density at radius 1 is 1.15 bits per heavy atom. The third-order valence-electron chi connectivity index (χ3n) is 6.16. The first-order chi connectivity index (χ1) is 18.4. The van der Waals surface area contributed by atoms with Crippen LogP contribution in [0.5, 0.6) is 5.75 Å². The Balaban J connectivity index is 1.52. The van der Waals surface area contributed by atoms with Gasteiger partial charge in [0.15, 0.2) is 5.69 Å². The van der Waals surface area contributed by atoms with Crippen molar-refractivity contribution in [1.82, 2.24) is 24.5 Å². The molecule has 0 aliphatic carbocycles. The minimum absolute atomic E-state index is 0.0164. The number of fused-ring (bicyclic) bond motifs is 1. The maximum atomic E-state index is 14.2. The van der Waals surface area contributed by atoms with Gasteiger partial charge in [0, 0.05) is 73.0 Å². The minimum Gasteiger partial charge on any atom is -0.492 e. The van der Waals surface area contributed by atoms with Crippen LogP contribution in [-0.4, -0.2) is 55.1 Å². The number of hydrogen-bond donors (Lipinski definition) is 2. The molecule has 4 aromatic rings. The molecule has 1 amide bonds. The molecule has 206 valence electrons. The second kappa shape index (κ2) is 11.1. The number of carbonyl (C=O) groups is 2. The molecule has 0 radical (unpaired) electrons. The van der Waals surface area contributed by atoms with Crippen molar-refractivity contribution < 1.29 is 28.6 Å². The van der Waals surface area contributed by atoms with Gasteiger partial charge in [0.05, 0.1) is 6.61 Å². The summed E-state index contributed by atoms with van der Waals surface area (Å²) in [7, 11) is 1.69. The quantitative estimate of drug-likeness (QED) is 0.321. The first-order valence-corrected chi connectivity index (χ1v) is 12.5. The summed E-state index contributed by atoms with van der Waals surface area (Å²) in [5.74, 6) is -1.22. The number of aryl methyl sites for hydroxylation is 1. The van der Waals surface area contributed by atoms with Crippen LogP contribution < -0.4 is 10.1 Å². The van der Waals surface area contributed by atoms with E-state index in [-0.39, 0.29) is 12.3 Å². The first-order valence-electron chi connectivity index (χ1n) is 12.5. The van der Waals surface area contributed by atoms with Crippen molar-refractivity contribution in [2.45, 2.75) is 46.1 Å². The normalized spacial score (nSPS) is 11.5. The summed E-state index contributed by atoms with van der Waals surface area (Å²) in [4.78, 5) is 28.0. The second-order valence-corrected chi connectivity index (χ2v) is 10.2. The Morgan fingerprint density at radius 3 is 2.64 bits per heavy atom. The number of hydrogen-bond acceptors (Lipinski definition) is 6. The topological polar surface area (TPSA) is 120 Å². The third-order valence-corrected chi connectivity index (χ3v) is 6.16. The number of benzene rings is 1. The number of imidazole rings is 1. The van der Waals surface area contributed by atoms with Gasteiger partial charge >= 0.3 is 12.1 Å². The van der Waals surface area contributed by atoms with E-state index in [1.54, 1.807) is 47.0 Å². The lowest BCUT2D eigenvalue weighted by Crippen LogP contribution is -2.33. The monoisotopic (exact) mass is 537 g/mol. The lowest BCUT2D eigenvalue weighted by atomic mass is 10.1. The van der Waals surface area contributed by atoms with Crippen LogP contribution in [-0.2, 0) is 24.6 Å². The Kier molecular flexibility index (Phi) is 7.89. The number of carboxylic acid groups (broad SMARTS) is 1. The molecule has 0 bridgehead atoms. The van der Waals surface area contributed by atoms with Crippen molar-refractivity contribution >= 4 is 17.7 Å². The fourth-order valence-corrected chi connectivity index (χ4v) is 4.22. The third kappa shape index (κ3) is 6.54. The van der Waals surface area contributed by atoms with Gasteiger partial charge in [-0.15, -0.1) is 0 Å². The molecule has 0 spiro atoms. The average Bonchev–Trinajstić information content (AvgIpc) is 3.38. The van der Waals surface area contributed by atoms with E-state index in [0.29, 0.717) is 36.3 Å². The highest BCUT2D eigenvalue weighted by molar-refractivity contribution is 5.87. The summed E-state index contributed by atoms with van der Waals surface area (Å²) >= 11 is 0. The first kappa shape index (κ1) is 27.6. The lowest BCUT2D eigenvalue weighted by molar-refractivity contribution is 0.0527. The number of alkyl carbamates (subject to hydrolysis) is 1. The molecule has 2 N–H and O–H groups in total. The van der Waals surface area contributed by atoms with Crippen LogP contribution in [0.4, 0.5) is 9.18 Å². The van der Waals surface area contributed by atoms with Crippen LogP contribution in [0, 0.1) is 12.7 Å². The molecule has 11 heteroatoms. The Bertz CT molecular complexity index is 1520. The van der Waals surface area contributed by atoms with Crippen LogP contribution in [0.15, 0.2) is 42.7 Å². The number of nitrogens with zero attached hydrogens (tertiary/aromatic N) is 4. The number of carboxylic acids is 1. The SMILES string of the molecule is Cc1c(CCOc2cc(F)ccc2-c2ccc3ncc(CCNC(=O)OC(C)(C)C)n3c2)c(C(=O)O)nn1C. The molecule has 3 aromatic heterocycles. The number of pyridine rings is 1. The number of carbonyl (C=O) groups excluding carboxylic acids is 1. The van der Waals surface area contributed by atoms with Gasteiger partial charge in [0.2, 0.25) is 0 Å². The molecule has 1 aromatic carbocycles. The molecule has 0 fully saturated rings. The van der Waals surface area contributed by atoms with Gasteiger partial charge < -0.3 is 24.3 Å². The van der Waals surface area contributed by atoms with Crippen molar-refractivity contribution in [2.24, 2.45) is 7.05 Å². The Hall–Kier alpha value is -4.41. The summed E-state index contributed by atoms with van der Waals surface area (Å²) in [6.07, 6.45) is 3.97. The van der Waals surface area contributed by atoms with E-state index in [0.717, 1.165) is 22.6 Å². The highest BCUT2D eigenvalue weighted by Crippen LogP contribution is 2.31. The maximum Gasteiger partial charge on any atom is 0.407 e. The average molecular weight is 538 g/mol. The molecule has 0 unspecified atom stereocenters. The summed E-state index contributed by atoms with van der Waals surface area (Å²) in [5, 5.41) is 16.3. The van der Waals surface area contributed by atoms with Crippen molar-refractivity contribution in [3.05, 3.63) is 71.2 Å². The molecular formula is C28H32FN5O5. The molecule has 3 heterocycles. The van der Waals surface area contributed by atoms with Gasteiger partial charge in [-0.1, -0.05) is 0 Å². The standard InChI is InChI=1S/C28H32FN5O5/c1-17-21(25(26(35)36)32-33(17)5)11-13-38-23-14-19(29)7-8-22(23)18-6-9-24-31-15-20(34(24)16-18)10-12-30-27(37)39-28(2,3)4/h6-9,14-16H,10-13H2,1-5H3,(H,30,37)(H,35,36). The zero-order valence-electron chi connectivity index (χ0n) is 22.6. The van der Waals surface area contributed by atoms with Gasteiger partial charge in [-0.05, 0) is 52.0 Å². The van der Waals surface area contributed by atoms with Crippen LogP contribution >= 0.6 is 0 Å². The van der Waals surface area contributed by atoms with Crippen LogP contribution in [0.1, 0.15) is 48.2 Å². The predicted octanol–water partition coefficient (Wildman–Crippen LogP) is 4.57. The van der Waals surface area contributed by atoms with Crippen LogP contribution in [0.3, 0.4) is 0 Å². The van der Waals surface area contributed by atoms with Gasteiger partial charge in [0.1, 0.15) is 22.8 Å². The molecule has 4 rings (SSSR count). The highest BCUT2D eigenvalue weighted by atomic mass is 19.1. The molecule has 0 saturated carbocycles. The number of ether oxygens (including phenoxy) is 2. The van der Waals surface area contributed by atoms with E-state index in [1.165, 1.54) is 16.8 Å². The van der Waals surface area contributed by atoms with E-state index in [2.05, 4.69) is 15.4 Å². The Morgan fingerprint density at radius 2 is 1.92 bits per heavy atom. The maximum absolute atomic E-state index is 14.2. The summed E-state index contributed by atoms with van der Waals surface area (Å²) in [6.45, 7) is 7.71. The number of amides is 1. The fraction of sp³-hybridized carbons (Fsp3) is 0.357. The second-order valence-electron chi connectivity index (χ2n) is 10.2. The Labute approximate surface area is 225 Å². The van der Waals surface area contributed by atoms with E-state index in [4.69, 9.17) is 9.47 Å². The number of aromatic nitrogens is 4. The molecule has 0 aliphatic heterocycles. The van der Waals surface area contributed by atoms with E-state index in [1.807, 2.05) is 22.7 Å². The largest absolute Gasteiger partial charge is 0.492 e. The molecule has 10 nitrogen and oxygen atoms in total. The minimum atomic E-state index is -1.11. The van der Waals surface area contributed by atoms with Gasteiger partial charge in [-0.2, -0.15) is 5.10 Å². The van der Waals surface area contributed by atoms with E-state index < -0.39 is 23.5 Å². The van der Waals surface area contributed by atoms with Crippen LogP contribution in [0.2, 0.25) is 0 Å². The molecule has 0 aliphatic rings. The fourth-order valence-electron chi connectivity index (χ4n) is 4.22. The lowest BCUT2D eigenvalue weighted by Gasteiger charge is -2.19. The van der Waals surface area contributed by atoms with Crippen molar-refractivity contribution in [3.8, 4) is 16.9 Å². The highest BCUT2D eigenvalue weighted by Gasteiger charge is 2.19. The molecular weight excluding hydrogens is 505 g/mol. The molecule has 0 saturated heterocycles. The van der Waals surface area contributed by atoms with Crippen molar-refractivity contribution in [1.29, 1.82) is 0 Å². The zero-order chi connectivity index (χ0) is 28.3. The summed E-state index contributed by atoms with van der Waals surface area (Å²) in [5.41, 5.74) is 3.77. The van der Waals surface area contributed by atoms with Crippen LogP contribution in [0.25, 0.3) is 16.8 Å². The van der Waals surface area contributed by atoms with Crippen molar-refractivity contribution in [2.75, 3.05) is 13.2 Å².